The zero-order chi connectivity index (χ0) is 53.8. The second kappa shape index (κ2) is 53.1. The zero-order valence-electron chi connectivity index (χ0n) is 48.0. The molecular weight excluding hydrogens is 927 g/mol. The Hall–Kier alpha value is -1.89. The molecule has 0 bridgehead atoms. The monoisotopic (exact) mass is 1050 g/mol. The summed E-state index contributed by atoms with van der Waals surface area (Å²) < 4.78 is 11.1. The first-order chi connectivity index (χ1) is 36.3. The van der Waals surface area contributed by atoms with Crippen LogP contribution in [0.25, 0.3) is 0 Å². The Morgan fingerprint density at radius 3 is 1.26 bits per heavy atom. The SMILES string of the molecule is CCCCCCC/C=C/CC/C=C/C(O)C(COC1OC(CO)C(O)C(O)C1O)NC(=O)C(O)CCCCCCCCCCCCCCCCCC/C=C\C/C=C\CCCCCCCCCCCCCCCCC. The highest BCUT2D eigenvalue weighted by atomic mass is 16.7. The number of aliphatic hydroxyl groups excluding tert-OH is 6. The van der Waals surface area contributed by atoms with Gasteiger partial charge in [0.05, 0.1) is 25.4 Å². The molecule has 1 amide bonds. The highest BCUT2D eigenvalue weighted by Gasteiger charge is 2.44. The molecule has 74 heavy (non-hydrogen) atoms. The molecule has 434 valence electrons. The topological polar surface area (TPSA) is 169 Å². The molecule has 7 N–H and O–H groups in total. The van der Waals surface area contributed by atoms with Crippen molar-refractivity contribution in [2.75, 3.05) is 13.2 Å². The van der Waals surface area contributed by atoms with Gasteiger partial charge in [-0.3, -0.25) is 4.79 Å². The molecule has 1 aliphatic heterocycles. The molecule has 0 spiro atoms. The first kappa shape index (κ1) is 70.1. The van der Waals surface area contributed by atoms with E-state index in [4.69, 9.17) is 9.47 Å². The third-order valence-electron chi connectivity index (χ3n) is 15.0. The number of unbranched alkanes of at least 4 members (excludes halogenated alkanes) is 37. The van der Waals surface area contributed by atoms with Crippen LogP contribution in [0.15, 0.2) is 48.6 Å². The van der Waals surface area contributed by atoms with Gasteiger partial charge in [0.1, 0.15) is 30.5 Å². The molecule has 8 unspecified atom stereocenters. The van der Waals surface area contributed by atoms with Crippen LogP contribution in [0.1, 0.15) is 290 Å². The van der Waals surface area contributed by atoms with E-state index in [1.807, 2.05) is 6.08 Å². The van der Waals surface area contributed by atoms with Gasteiger partial charge in [-0.05, 0) is 64.2 Å². The summed E-state index contributed by atoms with van der Waals surface area (Å²) in [6, 6.07) is -0.997. The van der Waals surface area contributed by atoms with E-state index < -0.39 is 61.5 Å². The fraction of sp³-hybridized carbons (Fsp3) is 0.859. The molecule has 0 aromatic heterocycles. The third-order valence-corrected chi connectivity index (χ3v) is 15.0. The number of ether oxygens (including phenoxy) is 2. The maximum absolute atomic E-state index is 13.1. The van der Waals surface area contributed by atoms with Crippen molar-refractivity contribution in [2.45, 2.75) is 339 Å². The first-order valence-corrected chi connectivity index (χ1v) is 31.5. The number of carbonyl (C=O) groups excluding carboxylic acids is 1. The quantitative estimate of drug-likeness (QED) is 0.0232. The van der Waals surface area contributed by atoms with Crippen LogP contribution in [0.3, 0.4) is 0 Å². The second-order valence-corrected chi connectivity index (χ2v) is 22.0. The summed E-state index contributed by atoms with van der Waals surface area (Å²) in [5, 5.41) is 64.8. The molecule has 1 fully saturated rings. The standard InChI is InChI=1S/C64H119NO9/c1-3-5-7-9-11-13-15-16-17-18-19-20-21-22-23-24-25-26-27-28-29-30-31-32-33-34-35-36-37-38-39-40-41-43-45-47-49-51-53-58(68)63(72)65-56(55-73-64-62(71)61(70)60(69)59(54-66)74-64)57(67)52-50-48-46-44-42-14-12-10-8-6-4-2/h25-26,28-29,42,44,50,52,56-62,64,66-71H,3-24,27,30-41,43,45-49,51,53-55H2,1-2H3,(H,65,72)/b26-25-,29-28-,44-42+,52-50+. The maximum atomic E-state index is 13.1. The fourth-order valence-electron chi connectivity index (χ4n) is 9.92. The average molecular weight is 1050 g/mol. The van der Waals surface area contributed by atoms with Crippen LogP contribution in [0.2, 0.25) is 0 Å². The number of hydrogen-bond donors (Lipinski definition) is 7. The number of nitrogens with one attached hydrogen (secondary N) is 1. The lowest BCUT2D eigenvalue weighted by Gasteiger charge is -2.40. The zero-order valence-corrected chi connectivity index (χ0v) is 48.0. The lowest BCUT2D eigenvalue weighted by atomic mass is 9.99. The van der Waals surface area contributed by atoms with Gasteiger partial charge in [-0.25, -0.2) is 0 Å². The van der Waals surface area contributed by atoms with E-state index in [9.17, 15) is 35.4 Å². The van der Waals surface area contributed by atoms with Crippen molar-refractivity contribution in [3.63, 3.8) is 0 Å². The summed E-state index contributed by atoms with van der Waals surface area (Å²) >= 11 is 0. The van der Waals surface area contributed by atoms with E-state index in [1.165, 1.54) is 218 Å². The Morgan fingerprint density at radius 1 is 0.473 bits per heavy atom. The molecule has 1 saturated heterocycles. The van der Waals surface area contributed by atoms with Gasteiger partial charge in [-0.1, -0.05) is 274 Å². The summed E-state index contributed by atoms with van der Waals surface area (Å²) in [6.45, 7) is 3.59. The summed E-state index contributed by atoms with van der Waals surface area (Å²) in [6.07, 6.45) is 61.3. The Balaban J connectivity index is 2.07. The van der Waals surface area contributed by atoms with E-state index in [0.29, 0.717) is 19.3 Å². The van der Waals surface area contributed by atoms with Gasteiger partial charge in [0.15, 0.2) is 6.29 Å². The van der Waals surface area contributed by atoms with E-state index in [1.54, 1.807) is 6.08 Å². The van der Waals surface area contributed by atoms with Crippen molar-refractivity contribution in [1.29, 1.82) is 0 Å². The number of aliphatic hydroxyl groups is 6. The van der Waals surface area contributed by atoms with Crippen molar-refractivity contribution in [3.05, 3.63) is 48.6 Å². The van der Waals surface area contributed by atoms with Gasteiger partial charge >= 0.3 is 0 Å². The normalized spacial score (nSPS) is 19.7. The number of rotatable bonds is 54. The van der Waals surface area contributed by atoms with Crippen LogP contribution in [0.4, 0.5) is 0 Å². The predicted octanol–water partition coefficient (Wildman–Crippen LogP) is 15.0. The Morgan fingerprint density at radius 2 is 0.838 bits per heavy atom. The molecule has 0 aromatic rings. The van der Waals surface area contributed by atoms with Crippen LogP contribution >= 0.6 is 0 Å². The van der Waals surface area contributed by atoms with Crippen molar-refractivity contribution in [3.8, 4) is 0 Å². The van der Waals surface area contributed by atoms with Crippen LogP contribution in [0.5, 0.6) is 0 Å². The number of hydrogen-bond acceptors (Lipinski definition) is 9. The minimum atomic E-state index is -1.62. The number of carbonyl (C=O) groups is 1. The fourth-order valence-corrected chi connectivity index (χ4v) is 9.92. The van der Waals surface area contributed by atoms with Crippen LogP contribution in [0, 0.1) is 0 Å². The molecule has 1 aliphatic rings. The highest BCUT2D eigenvalue weighted by Crippen LogP contribution is 2.23. The van der Waals surface area contributed by atoms with E-state index in [-0.39, 0.29) is 6.61 Å². The number of amides is 1. The van der Waals surface area contributed by atoms with Gasteiger partial charge in [0.25, 0.3) is 0 Å². The van der Waals surface area contributed by atoms with Crippen LogP contribution in [-0.4, -0.2) is 98.7 Å². The van der Waals surface area contributed by atoms with Gasteiger partial charge in [-0.15, -0.1) is 0 Å². The largest absolute Gasteiger partial charge is 0.394 e. The highest BCUT2D eigenvalue weighted by molar-refractivity contribution is 5.80. The van der Waals surface area contributed by atoms with Gasteiger partial charge in [0.2, 0.25) is 5.91 Å². The van der Waals surface area contributed by atoms with Crippen molar-refractivity contribution in [2.24, 2.45) is 0 Å². The van der Waals surface area contributed by atoms with Crippen LogP contribution in [-0.2, 0) is 14.3 Å². The Labute approximate surface area is 455 Å². The molecule has 0 aromatic carbocycles. The second-order valence-electron chi connectivity index (χ2n) is 22.0. The van der Waals surface area contributed by atoms with E-state index >= 15 is 0 Å². The third kappa shape index (κ3) is 41.2. The number of allylic oxidation sites excluding steroid dienone is 7. The van der Waals surface area contributed by atoms with Gasteiger partial charge in [-0.2, -0.15) is 0 Å². The van der Waals surface area contributed by atoms with Crippen molar-refractivity contribution in [1.82, 2.24) is 5.32 Å². The van der Waals surface area contributed by atoms with E-state index in [0.717, 1.165) is 38.5 Å². The smallest absolute Gasteiger partial charge is 0.249 e. The van der Waals surface area contributed by atoms with Crippen LogP contribution < -0.4 is 5.32 Å². The molecule has 8 atom stereocenters. The Bertz CT molecular complexity index is 1320. The first-order valence-electron chi connectivity index (χ1n) is 31.5. The lowest BCUT2D eigenvalue weighted by molar-refractivity contribution is -0.302. The Kier molecular flexibility index (Phi) is 50.3. The van der Waals surface area contributed by atoms with Gasteiger partial charge in [0, 0.05) is 0 Å². The molecule has 10 nitrogen and oxygen atoms in total. The summed E-state index contributed by atoms with van der Waals surface area (Å²) in [5.74, 6) is -0.626. The molecule has 0 saturated carbocycles. The minimum Gasteiger partial charge on any atom is -0.394 e. The molecule has 0 radical (unpaired) electrons. The summed E-state index contributed by atoms with van der Waals surface area (Å²) in [7, 11) is 0. The molecule has 1 heterocycles. The molecule has 10 heteroatoms. The molecule has 1 rings (SSSR count). The molecule has 0 aliphatic carbocycles. The maximum Gasteiger partial charge on any atom is 0.249 e. The van der Waals surface area contributed by atoms with E-state index in [2.05, 4.69) is 55.6 Å². The van der Waals surface area contributed by atoms with Gasteiger partial charge < -0.3 is 45.4 Å². The molecular formula is C64H119NO9. The lowest BCUT2D eigenvalue weighted by Crippen LogP contribution is -2.60. The van der Waals surface area contributed by atoms with Crippen molar-refractivity contribution >= 4 is 5.91 Å². The van der Waals surface area contributed by atoms with Crippen molar-refractivity contribution < 1.29 is 44.9 Å². The predicted molar refractivity (Wildman–Crippen MR) is 310 cm³/mol. The average Bonchev–Trinajstić information content (AvgIpc) is 3.40. The summed E-state index contributed by atoms with van der Waals surface area (Å²) in [5.41, 5.74) is 0. The summed E-state index contributed by atoms with van der Waals surface area (Å²) in [4.78, 5) is 13.1. The minimum absolute atomic E-state index is 0.304.